The average Bonchev–Trinajstić information content (AvgIpc) is 3.35. The second kappa shape index (κ2) is 6.62. The monoisotopic (exact) mass is 386 g/mol. The lowest BCUT2D eigenvalue weighted by Crippen LogP contribution is -2.46. The molecule has 0 unspecified atom stereocenters. The number of nitrogens with one attached hydrogen (secondary N) is 1. The smallest absolute Gasteiger partial charge is 0.257 e. The van der Waals surface area contributed by atoms with E-state index in [-0.39, 0.29) is 25.0 Å². The molecule has 3 heterocycles. The number of carbonyl (C=O) groups excluding carboxylic acids is 1. The number of fused-ring (bicyclic) bond motifs is 2. The lowest BCUT2D eigenvalue weighted by molar-refractivity contribution is 0.0427. The van der Waals surface area contributed by atoms with Gasteiger partial charge in [0.15, 0.2) is 11.5 Å². The Kier molecular flexibility index (Phi) is 4.10. The van der Waals surface area contributed by atoms with E-state index in [9.17, 15) is 4.79 Å². The van der Waals surface area contributed by atoms with Crippen molar-refractivity contribution < 1.29 is 19.0 Å². The Morgan fingerprint density at radius 2 is 2.11 bits per heavy atom. The van der Waals surface area contributed by atoms with Crippen LogP contribution in [0.1, 0.15) is 34.9 Å². The Morgan fingerprint density at radius 3 is 2.96 bits per heavy atom. The van der Waals surface area contributed by atoms with Crippen LogP contribution in [-0.2, 0) is 4.74 Å². The fourth-order valence-electron chi connectivity index (χ4n) is 3.90. The molecule has 2 aromatic rings. The highest BCUT2D eigenvalue weighted by molar-refractivity contribution is 6.32. The van der Waals surface area contributed by atoms with E-state index in [1.807, 2.05) is 41.3 Å². The summed E-state index contributed by atoms with van der Waals surface area (Å²) in [5.74, 6) is 1.13. The van der Waals surface area contributed by atoms with Crippen LogP contribution in [0.3, 0.4) is 0 Å². The number of amides is 1. The van der Waals surface area contributed by atoms with Crippen LogP contribution in [0.2, 0.25) is 5.02 Å². The number of para-hydroxylation sites is 1. The number of hydrogen-bond acceptors (Lipinski definition) is 5. The van der Waals surface area contributed by atoms with E-state index in [0.29, 0.717) is 28.6 Å². The van der Waals surface area contributed by atoms with Crippen molar-refractivity contribution in [3.05, 3.63) is 52.5 Å². The van der Waals surface area contributed by atoms with Crippen LogP contribution < -0.4 is 14.8 Å². The summed E-state index contributed by atoms with van der Waals surface area (Å²) in [4.78, 5) is 15.1. The molecule has 2 aromatic carbocycles. The first-order valence-corrected chi connectivity index (χ1v) is 9.45. The van der Waals surface area contributed by atoms with Gasteiger partial charge in [-0.15, -0.1) is 0 Å². The zero-order valence-corrected chi connectivity index (χ0v) is 15.4. The van der Waals surface area contributed by atoms with Gasteiger partial charge >= 0.3 is 0 Å². The molecule has 27 heavy (non-hydrogen) atoms. The summed E-state index contributed by atoms with van der Waals surface area (Å²) in [7, 11) is 0. The van der Waals surface area contributed by atoms with Crippen LogP contribution in [0.4, 0.5) is 5.69 Å². The van der Waals surface area contributed by atoms with E-state index < -0.39 is 0 Å². The maximum absolute atomic E-state index is 13.2. The van der Waals surface area contributed by atoms with Crippen LogP contribution in [0.15, 0.2) is 36.4 Å². The Morgan fingerprint density at radius 1 is 1.22 bits per heavy atom. The largest absolute Gasteiger partial charge is 0.454 e. The summed E-state index contributed by atoms with van der Waals surface area (Å²) in [6.07, 6.45) is 1.67. The molecule has 7 heteroatoms. The molecule has 3 aliphatic heterocycles. The van der Waals surface area contributed by atoms with Crippen molar-refractivity contribution in [3.63, 3.8) is 0 Å². The summed E-state index contributed by atoms with van der Waals surface area (Å²) in [5, 5.41) is 3.96. The van der Waals surface area contributed by atoms with E-state index in [0.717, 1.165) is 30.7 Å². The van der Waals surface area contributed by atoms with Gasteiger partial charge in [-0.1, -0.05) is 23.7 Å². The molecule has 1 N–H and O–H groups in total. The third-order valence-electron chi connectivity index (χ3n) is 5.21. The molecule has 0 aliphatic carbocycles. The molecule has 1 fully saturated rings. The van der Waals surface area contributed by atoms with Crippen LogP contribution in [-0.4, -0.2) is 36.9 Å². The quantitative estimate of drug-likeness (QED) is 0.869. The number of carbonyl (C=O) groups is 1. The number of hydrogen-bond donors (Lipinski definition) is 1. The van der Waals surface area contributed by atoms with Crippen molar-refractivity contribution in [1.29, 1.82) is 0 Å². The Bertz CT molecular complexity index is 898. The lowest BCUT2D eigenvalue weighted by Gasteiger charge is -2.39. The number of ether oxygens (including phenoxy) is 3. The zero-order valence-electron chi connectivity index (χ0n) is 14.6. The molecular weight excluding hydrogens is 368 g/mol. The fraction of sp³-hybridized carbons (Fsp3) is 0.350. The van der Waals surface area contributed by atoms with Crippen LogP contribution in [0.25, 0.3) is 0 Å². The Labute approximate surface area is 162 Å². The van der Waals surface area contributed by atoms with Gasteiger partial charge in [-0.05, 0) is 37.1 Å². The molecular formula is C20H19ClN2O4. The molecule has 1 saturated heterocycles. The minimum Gasteiger partial charge on any atom is -0.454 e. The fourth-order valence-corrected chi connectivity index (χ4v) is 4.17. The lowest BCUT2D eigenvalue weighted by atomic mass is 10.0. The second-order valence-electron chi connectivity index (χ2n) is 6.92. The van der Waals surface area contributed by atoms with E-state index in [2.05, 4.69) is 5.32 Å². The third kappa shape index (κ3) is 2.89. The maximum Gasteiger partial charge on any atom is 0.257 e. The van der Waals surface area contributed by atoms with Gasteiger partial charge in [-0.3, -0.25) is 4.79 Å². The molecule has 3 aliphatic rings. The highest BCUT2D eigenvalue weighted by atomic mass is 35.5. The first-order chi connectivity index (χ1) is 13.2. The van der Waals surface area contributed by atoms with E-state index >= 15 is 0 Å². The minimum absolute atomic E-state index is 0.0151. The average molecular weight is 387 g/mol. The molecule has 0 spiro atoms. The summed E-state index contributed by atoms with van der Waals surface area (Å²) in [6, 6.07) is 11.3. The van der Waals surface area contributed by atoms with Crippen molar-refractivity contribution in [2.45, 2.75) is 25.1 Å². The zero-order chi connectivity index (χ0) is 18.4. The first-order valence-electron chi connectivity index (χ1n) is 9.08. The highest BCUT2D eigenvalue weighted by Crippen LogP contribution is 2.43. The van der Waals surface area contributed by atoms with Gasteiger partial charge in [0, 0.05) is 24.4 Å². The van der Waals surface area contributed by atoms with Gasteiger partial charge in [0.25, 0.3) is 5.91 Å². The van der Waals surface area contributed by atoms with Crippen molar-refractivity contribution >= 4 is 23.2 Å². The van der Waals surface area contributed by atoms with Gasteiger partial charge in [-0.2, -0.15) is 0 Å². The van der Waals surface area contributed by atoms with E-state index in [1.54, 1.807) is 0 Å². The molecule has 0 saturated carbocycles. The van der Waals surface area contributed by atoms with Crippen molar-refractivity contribution in [2.24, 2.45) is 0 Å². The summed E-state index contributed by atoms with van der Waals surface area (Å²) in [6.45, 7) is 1.42. The topological polar surface area (TPSA) is 60.0 Å². The molecule has 6 nitrogen and oxygen atoms in total. The highest BCUT2D eigenvalue weighted by Gasteiger charge is 2.36. The number of rotatable bonds is 3. The van der Waals surface area contributed by atoms with Gasteiger partial charge in [0.1, 0.15) is 6.17 Å². The number of nitrogens with zero attached hydrogens (tertiary/aromatic N) is 1. The third-order valence-corrected chi connectivity index (χ3v) is 5.49. The summed E-state index contributed by atoms with van der Waals surface area (Å²) in [5.41, 5.74) is 2.33. The number of benzene rings is 2. The molecule has 5 rings (SSSR count). The summed E-state index contributed by atoms with van der Waals surface area (Å²) >= 11 is 6.39. The van der Waals surface area contributed by atoms with Crippen molar-refractivity contribution in [2.75, 3.05) is 25.3 Å². The SMILES string of the molecule is O=C1c2ccccc2N[C@@H](c2cc(Cl)c3c(c2)OCO3)N1C[C@H]1CCCO1. The van der Waals surface area contributed by atoms with Gasteiger partial charge in [0.05, 0.1) is 16.7 Å². The van der Waals surface area contributed by atoms with E-state index in [4.69, 9.17) is 25.8 Å². The van der Waals surface area contributed by atoms with Gasteiger partial charge in [0.2, 0.25) is 6.79 Å². The predicted molar refractivity (Wildman–Crippen MR) is 100 cm³/mol. The Hall–Kier alpha value is -2.44. The van der Waals surface area contributed by atoms with Crippen molar-refractivity contribution in [3.8, 4) is 11.5 Å². The minimum atomic E-state index is -0.358. The van der Waals surface area contributed by atoms with E-state index in [1.165, 1.54) is 0 Å². The standard InChI is InChI=1S/C20H19ClN2O4/c21-15-8-12(9-17-18(15)27-11-26-17)19-22-16-6-2-1-5-14(16)20(24)23(19)10-13-4-3-7-25-13/h1-2,5-6,8-9,13,19,22H,3-4,7,10-11H2/t13-,19-/m1/s1. The number of halogens is 1. The van der Waals surface area contributed by atoms with Crippen LogP contribution in [0, 0.1) is 0 Å². The molecule has 0 aromatic heterocycles. The van der Waals surface area contributed by atoms with Gasteiger partial charge in [-0.25, -0.2) is 0 Å². The maximum atomic E-state index is 13.2. The number of anilines is 1. The van der Waals surface area contributed by atoms with Crippen LogP contribution in [0.5, 0.6) is 11.5 Å². The summed E-state index contributed by atoms with van der Waals surface area (Å²) < 4.78 is 16.7. The molecule has 140 valence electrons. The Balaban J connectivity index is 1.55. The molecule has 2 atom stereocenters. The first kappa shape index (κ1) is 16.7. The molecule has 0 radical (unpaired) electrons. The van der Waals surface area contributed by atoms with Gasteiger partial charge < -0.3 is 24.4 Å². The molecule has 0 bridgehead atoms. The second-order valence-corrected chi connectivity index (χ2v) is 7.33. The van der Waals surface area contributed by atoms with Crippen molar-refractivity contribution in [1.82, 2.24) is 4.90 Å². The molecule has 1 amide bonds. The normalized spacial score (nSPS) is 23.3. The van der Waals surface area contributed by atoms with Crippen LogP contribution >= 0.6 is 11.6 Å². The predicted octanol–water partition coefficient (Wildman–Crippen LogP) is 3.81.